The van der Waals surface area contributed by atoms with Gasteiger partial charge in [0.2, 0.25) is 0 Å². The Morgan fingerprint density at radius 3 is 2.93 bits per heavy atom. The minimum atomic E-state index is -0.848. The molecule has 0 aromatic heterocycles. The number of thioether (sulfide) groups is 1. The molecule has 0 fully saturated rings. The smallest absolute Gasteiger partial charge is 0.304 e. The van der Waals surface area contributed by atoms with Crippen LogP contribution in [0.1, 0.15) is 23.2 Å². The Bertz CT molecular complexity index is 414. The molecule has 1 aliphatic heterocycles. The summed E-state index contributed by atoms with van der Waals surface area (Å²) in [4.78, 5) is 23.1. The standard InChI is InChI=1S/C11H10O3S/c12-9-5-7(6-11(13)14)15-10-4-2-1-3-8(9)10/h1-4,7H,5-6H2,(H,13,14)/t7-/m0/s1. The van der Waals surface area contributed by atoms with Gasteiger partial charge in [-0.1, -0.05) is 18.2 Å². The highest BCUT2D eigenvalue weighted by Gasteiger charge is 2.26. The van der Waals surface area contributed by atoms with Crippen molar-refractivity contribution in [1.82, 2.24) is 0 Å². The predicted molar refractivity (Wildman–Crippen MR) is 57.3 cm³/mol. The maximum atomic E-state index is 11.7. The van der Waals surface area contributed by atoms with E-state index in [1.807, 2.05) is 18.2 Å². The van der Waals surface area contributed by atoms with E-state index in [1.165, 1.54) is 11.8 Å². The van der Waals surface area contributed by atoms with Gasteiger partial charge in [-0.3, -0.25) is 9.59 Å². The highest BCUT2D eigenvalue weighted by Crippen LogP contribution is 2.36. The second-order valence-corrected chi connectivity index (χ2v) is 4.80. The number of aliphatic carboxylic acids is 1. The molecule has 0 radical (unpaired) electrons. The molecule has 1 N–H and O–H groups in total. The predicted octanol–water partition coefficient (Wildman–Crippen LogP) is 2.21. The highest BCUT2D eigenvalue weighted by molar-refractivity contribution is 8.00. The topological polar surface area (TPSA) is 54.4 Å². The average molecular weight is 222 g/mol. The molecule has 0 aliphatic carbocycles. The van der Waals surface area contributed by atoms with E-state index in [2.05, 4.69) is 0 Å². The first-order chi connectivity index (χ1) is 7.16. The second kappa shape index (κ2) is 4.06. The number of carboxylic acids is 1. The number of carbonyl (C=O) groups excluding carboxylic acids is 1. The van der Waals surface area contributed by atoms with Crippen molar-refractivity contribution in [2.24, 2.45) is 0 Å². The van der Waals surface area contributed by atoms with Crippen LogP contribution in [0.3, 0.4) is 0 Å². The van der Waals surface area contributed by atoms with Crippen LogP contribution in [0.4, 0.5) is 0 Å². The summed E-state index contributed by atoms with van der Waals surface area (Å²) >= 11 is 1.49. The van der Waals surface area contributed by atoms with Gasteiger partial charge in [0.1, 0.15) is 0 Å². The molecule has 0 unspecified atom stereocenters. The summed E-state index contributed by atoms with van der Waals surface area (Å²) in [6.07, 6.45) is 0.374. The second-order valence-electron chi connectivity index (χ2n) is 3.46. The van der Waals surface area contributed by atoms with Crippen molar-refractivity contribution < 1.29 is 14.7 Å². The summed E-state index contributed by atoms with van der Waals surface area (Å²) in [7, 11) is 0. The zero-order valence-electron chi connectivity index (χ0n) is 7.97. The molecule has 1 atom stereocenters. The van der Waals surface area contributed by atoms with Crippen LogP contribution < -0.4 is 0 Å². The van der Waals surface area contributed by atoms with E-state index in [1.54, 1.807) is 6.07 Å². The summed E-state index contributed by atoms with van der Waals surface area (Å²) in [6.45, 7) is 0. The van der Waals surface area contributed by atoms with Gasteiger partial charge in [-0.15, -0.1) is 11.8 Å². The van der Waals surface area contributed by atoms with Crippen molar-refractivity contribution >= 4 is 23.5 Å². The first kappa shape index (κ1) is 10.2. The monoisotopic (exact) mass is 222 g/mol. The Morgan fingerprint density at radius 1 is 1.47 bits per heavy atom. The molecule has 2 rings (SSSR count). The molecule has 1 aromatic rings. The van der Waals surface area contributed by atoms with E-state index in [0.717, 1.165) is 10.5 Å². The van der Waals surface area contributed by atoms with Crippen molar-refractivity contribution in [1.29, 1.82) is 0 Å². The van der Waals surface area contributed by atoms with Crippen molar-refractivity contribution in [2.75, 3.05) is 0 Å². The van der Waals surface area contributed by atoms with E-state index in [4.69, 9.17) is 5.11 Å². The summed E-state index contributed by atoms with van der Waals surface area (Å²) in [6, 6.07) is 7.35. The first-order valence-electron chi connectivity index (χ1n) is 4.67. The zero-order valence-corrected chi connectivity index (χ0v) is 8.79. The molecule has 0 saturated heterocycles. The molecule has 0 spiro atoms. The Kier molecular flexibility index (Phi) is 2.77. The van der Waals surface area contributed by atoms with Crippen molar-refractivity contribution in [3.63, 3.8) is 0 Å². The maximum Gasteiger partial charge on any atom is 0.304 e. The van der Waals surface area contributed by atoms with E-state index < -0.39 is 5.97 Å². The van der Waals surface area contributed by atoms with E-state index in [-0.39, 0.29) is 17.5 Å². The Morgan fingerprint density at radius 2 is 2.20 bits per heavy atom. The molecule has 78 valence electrons. The van der Waals surface area contributed by atoms with Crippen LogP contribution in [0, 0.1) is 0 Å². The Hall–Kier alpha value is -1.29. The fraction of sp³-hybridized carbons (Fsp3) is 0.273. The number of hydrogen-bond acceptors (Lipinski definition) is 3. The maximum absolute atomic E-state index is 11.7. The van der Waals surface area contributed by atoms with Gasteiger partial charge >= 0.3 is 5.97 Å². The number of hydrogen-bond donors (Lipinski definition) is 1. The lowest BCUT2D eigenvalue weighted by Crippen LogP contribution is -2.20. The fourth-order valence-electron chi connectivity index (χ4n) is 1.65. The molecule has 1 aliphatic rings. The van der Waals surface area contributed by atoms with E-state index >= 15 is 0 Å². The lowest BCUT2D eigenvalue weighted by atomic mass is 10.0. The van der Waals surface area contributed by atoms with Crippen LogP contribution in [-0.4, -0.2) is 22.1 Å². The third-order valence-corrected chi connectivity index (χ3v) is 3.57. The molecule has 1 heterocycles. The lowest BCUT2D eigenvalue weighted by Gasteiger charge is -2.21. The molecular formula is C11H10O3S. The summed E-state index contributed by atoms with van der Waals surface area (Å²) in [5, 5.41) is 8.55. The third-order valence-electron chi connectivity index (χ3n) is 2.30. The van der Waals surface area contributed by atoms with E-state index in [9.17, 15) is 9.59 Å². The van der Waals surface area contributed by atoms with Crippen LogP contribution in [0.15, 0.2) is 29.2 Å². The van der Waals surface area contributed by atoms with Gasteiger partial charge in [-0.05, 0) is 6.07 Å². The SMILES string of the molecule is O=C(O)C[C@@H]1CC(=O)c2ccccc2S1. The number of carboxylic acid groups (broad SMARTS) is 1. The number of benzene rings is 1. The molecule has 15 heavy (non-hydrogen) atoms. The zero-order chi connectivity index (χ0) is 10.8. The van der Waals surface area contributed by atoms with Gasteiger partial charge in [0.05, 0.1) is 6.42 Å². The number of ketones is 1. The molecular weight excluding hydrogens is 212 g/mol. The van der Waals surface area contributed by atoms with Crippen molar-refractivity contribution in [2.45, 2.75) is 23.0 Å². The quantitative estimate of drug-likeness (QED) is 0.833. The van der Waals surface area contributed by atoms with Crippen LogP contribution >= 0.6 is 11.8 Å². The first-order valence-corrected chi connectivity index (χ1v) is 5.55. The average Bonchev–Trinajstić information content (AvgIpc) is 2.16. The third kappa shape index (κ3) is 2.21. The van der Waals surface area contributed by atoms with Crippen molar-refractivity contribution in [3.05, 3.63) is 29.8 Å². The number of rotatable bonds is 2. The van der Waals surface area contributed by atoms with E-state index in [0.29, 0.717) is 6.42 Å². The van der Waals surface area contributed by atoms with Crippen molar-refractivity contribution in [3.8, 4) is 0 Å². The summed E-state index contributed by atoms with van der Waals surface area (Å²) in [5.74, 6) is -0.796. The minimum absolute atomic E-state index is 0.0464. The summed E-state index contributed by atoms with van der Waals surface area (Å²) in [5.41, 5.74) is 0.726. The molecule has 3 nitrogen and oxygen atoms in total. The van der Waals surface area contributed by atoms with Crippen LogP contribution in [0.25, 0.3) is 0 Å². The normalized spacial score (nSPS) is 19.7. The molecule has 0 amide bonds. The van der Waals surface area contributed by atoms with Gasteiger partial charge in [0.15, 0.2) is 5.78 Å². The number of fused-ring (bicyclic) bond motifs is 1. The van der Waals surface area contributed by atoms with Gasteiger partial charge in [0.25, 0.3) is 0 Å². The van der Waals surface area contributed by atoms with Gasteiger partial charge < -0.3 is 5.11 Å². The van der Waals surface area contributed by atoms with Crippen LogP contribution in [0.2, 0.25) is 0 Å². The lowest BCUT2D eigenvalue weighted by molar-refractivity contribution is -0.136. The summed E-state index contributed by atoms with van der Waals surface area (Å²) < 4.78 is 0. The Labute approximate surface area is 91.5 Å². The van der Waals surface area contributed by atoms with Gasteiger partial charge in [-0.2, -0.15) is 0 Å². The van der Waals surface area contributed by atoms with Crippen LogP contribution in [-0.2, 0) is 4.79 Å². The van der Waals surface area contributed by atoms with Gasteiger partial charge in [-0.25, -0.2) is 0 Å². The van der Waals surface area contributed by atoms with Crippen LogP contribution in [0.5, 0.6) is 0 Å². The fourth-order valence-corrected chi connectivity index (χ4v) is 2.93. The molecule has 4 heteroatoms. The molecule has 1 aromatic carbocycles. The molecule has 0 bridgehead atoms. The highest BCUT2D eigenvalue weighted by atomic mass is 32.2. The number of Topliss-reactive ketones (excluding diaryl/α,β-unsaturated/α-hetero) is 1. The number of carbonyl (C=O) groups is 2. The van der Waals surface area contributed by atoms with Gasteiger partial charge in [0, 0.05) is 22.1 Å². The minimum Gasteiger partial charge on any atom is -0.481 e. The Balaban J connectivity index is 2.23. The molecule has 0 saturated carbocycles. The largest absolute Gasteiger partial charge is 0.481 e.